The summed E-state index contributed by atoms with van der Waals surface area (Å²) in [4.78, 5) is 28.4. The van der Waals surface area contributed by atoms with Crippen LogP contribution in [0.15, 0.2) is 0 Å². The number of ether oxygens (including phenoxy) is 1. The van der Waals surface area contributed by atoms with E-state index in [4.69, 9.17) is 4.74 Å². The third kappa shape index (κ3) is 3.36. The molecule has 2 atom stereocenters. The summed E-state index contributed by atoms with van der Waals surface area (Å²) in [5.41, 5.74) is 0. The first-order valence-electron chi connectivity index (χ1n) is 7.86. The average Bonchev–Trinajstić information content (AvgIpc) is 2.55. The Bertz CT molecular complexity index is 398. The number of nitrogens with one attached hydrogen (secondary N) is 2. The van der Waals surface area contributed by atoms with E-state index >= 15 is 0 Å². The molecule has 0 aromatic heterocycles. The predicted octanol–water partition coefficient (Wildman–Crippen LogP) is -1.60. The Kier molecular flexibility index (Phi) is 4.72. The van der Waals surface area contributed by atoms with Gasteiger partial charge in [0.05, 0.1) is 19.8 Å². The van der Waals surface area contributed by atoms with Crippen molar-refractivity contribution in [3.05, 3.63) is 0 Å². The molecule has 2 amide bonds. The van der Waals surface area contributed by atoms with Gasteiger partial charge in [-0.3, -0.25) is 9.59 Å². The molecule has 2 unspecified atom stereocenters. The van der Waals surface area contributed by atoms with Gasteiger partial charge in [-0.2, -0.15) is 0 Å². The summed E-state index contributed by atoms with van der Waals surface area (Å²) in [6.07, 6.45) is 1.95. The Morgan fingerprint density at radius 1 is 1.29 bits per heavy atom. The zero-order chi connectivity index (χ0) is 14.7. The summed E-state index contributed by atoms with van der Waals surface area (Å²) in [7, 11) is 0. The van der Waals surface area contributed by atoms with E-state index in [0.717, 1.165) is 39.0 Å². The number of amides is 2. The molecule has 118 valence electrons. The Morgan fingerprint density at radius 2 is 2.19 bits per heavy atom. The third-order valence-corrected chi connectivity index (χ3v) is 4.49. The summed E-state index contributed by atoms with van der Waals surface area (Å²) in [6, 6.07) is -0.0574. The van der Waals surface area contributed by atoms with Gasteiger partial charge in [0.2, 0.25) is 11.8 Å². The number of hydrogen-bond donors (Lipinski definition) is 2. The second-order valence-corrected chi connectivity index (χ2v) is 5.93. The van der Waals surface area contributed by atoms with Crippen molar-refractivity contribution in [1.29, 1.82) is 0 Å². The molecule has 3 rings (SSSR count). The zero-order valence-electron chi connectivity index (χ0n) is 12.3. The quantitative estimate of drug-likeness (QED) is 0.642. The van der Waals surface area contributed by atoms with E-state index in [1.807, 2.05) is 9.80 Å². The van der Waals surface area contributed by atoms with Crippen LogP contribution in [0.4, 0.5) is 0 Å². The highest BCUT2D eigenvalue weighted by atomic mass is 16.5. The molecular formula is C14H24N4O3. The van der Waals surface area contributed by atoms with E-state index in [-0.39, 0.29) is 23.9 Å². The highest BCUT2D eigenvalue weighted by Crippen LogP contribution is 2.18. The van der Waals surface area contributed by atoms with Crippen LogP contribution in [0, 0.1) is 0 Å². The number of hydrogen-bond acceptors (Lipinski definition) is 5. The van der Waals surface area contributed by atoms with Crippen molar-refractivity contribution in [2.24, 2.45) is 0 Å². The summed E-state index contributed by atoms with van der Waals surface area (Å²) in [5, 5.41) is 6.30. The smallest absolute Gasteiger partial charge is 0.242 e. The molecule has 0 radical (unpaired) electrons. The molecule has 0 aromatic rings. The van der Waals surface area contributed by atoms with Crippen molar-refractivity contribution in [2.45, 2.75) is 24.9 Å². The monoisotopic (exact) mass is 296 g/mol. The van der Waals surface area contributed by atoms with E-state index in [1.165, 1.54) is 0 Å². The van der Waals surface area contributed by atoms with Crippen LogP contribution in [0.25, 0.3) is 0 Å². The molecule has 0 spiro atoms. The minimum absolute atomic E-state index is 0.113. The Balaban J connectivity index is 1.59. The maximum atomic E-state index is 12.5. The van der Waals surface area contributed by atoms with Gasteiger partial charge < -0.3 is 25.2 Å². The van der Waals surface area contributed by atoms with Crippen molar-refractivity contribution in [1.82, 2.24) is 20.4 Å². The predicted molar refractivity (Wildman–Crippen MR) is 76.8 cm³/mol. The average molecular weight is 296 g/mol. The summed E-state index contributed by atoms with van der Waals surface area (Å²) in [5.74, 6) is 0.265. The Morgan fingerprint density at radius 3 is 2.95 bits per heavy atom. The largest absolute Gasteiger partial charge is 0.378 e. The van der Waals surface area contributed by atoms with Gasteiger partial charge in [-0.25, -0.2) is 0 Å². The summed E-state index contributed by atoms with van der Waals surface area (Å²) < 4.78 is 5.37. The number of likely N-dealkylation sites (tertiary alicyclic amines) is 1. The number of rotatable bonds is 2. The van der Waals surface area contributed by atoms with Crippen molar-refractivity contribution >= 4 is 11.8 Å². The number of piperidine rings is 1. The van der Waals surface area contributed by atoms with Gasteiger partial charge in [-0.1, -0.05) is 0 Å². The van der Waals surface area contributed by atoms with Crippen LogP contribution in [-0.2, 0) is 14.3 Å². The van der Waals surface area contributed by atoms with Crippen molar-refractivity contribution in [3.8, 4) is 0 Å². The molecule has 0 aromatic carbocycles. The lowest BCUT2D eigenvalue weighted by molar-refractivity contribution is -0.143. The fraction of sp³-hybridized carbons (Fsp3) is 0.857. The number of piperazine rings is 1. The minimum atomic E-state index is -0.226. The Hall–Kier alpha value is -1.18. The van der Waals surface area contributed by atoms with Gasteiger partial charge >= 0.3 is 0 Å². The normalized spacial score (nSPS) is 31.3. The molecule has 0 aliphatic carbocycles. The lowest BCUT2D eigenvalue weighted by atomic mass is 10.0. The van der Waals surface area contributed by atoms with Crippen molar-refractivity contribution in [3.63, 3.8) is 0 Å². The van der Waals surface area contributed by atoms with Crippen LogP contribution in [0.2, 0.25) is 0 Å². The van der Waals surface area contributed by atoms with Crippen LogP contribution in [0.1, 0.15) is 12.8 Å². The highest BCUT2D eigenvalue weighted by molar-refractivity contribution is 5.83. The van der Waals surface area contributed by atoms with Gasteiger partial charge in [-0.05, 0) is 12.8 Å². The Labute approximate surface area is 125 Å². The van der Waals surface area contributed by atoms with Gasteiger partial charge in [0, 0.05) is 38.8 Å². The van der Waals surface area contributed by atoms with Gasteiger partial charge in [-0.15, -0.1) is 0 Å². The lowest BCUT2D eigenvalue weighted by Gasteiger charge is -2.42. The van der Waals surface area contributed by atoms with Crippen LogP contribution in [0.5, 0.6) is 0 Å². The van der Waals surface area contributed by atoms with E-state index in [9.17, 15) is 9.59 Å². The zero-order valence-corrected chi connectivity index (χ0v) is 12.3. The minimum Gasteiger partial charge on any atom is -0.378 e. The molecule has 7 nitrogen and oxygen atoms in total. The third-order valence-electron chi connectivity index (χ3n) is 4.49. The molecule has 3 aliphatic heterocycles. The van der Waals surface area contributed by atoms with Crippen LogP contribution < -0.4 is 10.6 Å². The van der Waals surface area contributed by atoms with Crippen LogP contribution in [-0.4, -0.2) is 86.2 Å². The maximum Gasteiger partial charge on any atom is 0.242 e. The molecule has 3 heterocycles. The topological polar surface area (TPSA) is 73.9 Å². The highest BCUT2D eigenvalue weighted by Gasteiger charge is 2.34. The fourth-order valence-corrected chi connectivity index (χ4v) is 3.36. The van der Waals surface area contributed by atoms with Gasteiger partial charge in [0.25, 0.3) is 0 Å². The number of carbonyl (C=O) groups excluding carboxylic acids is 2. The molecule has 3 aliphatic rings. The van der Waals surface area contributed by atoms with E-state index in [2.05, 4.69) is 10.6 Å². The SMILES string of the molecule is O=C(C1COCCN1)N1CCCC(N2CCNCC2=O)C1. The fourth-order valence-electron chi connectivity index (χ4n) is 3.36. The van der Waals surface area contributed by atoms with Gasteiger partial charge in [0.15, 0.2) is 0 Å². The second-order valence-electron chi connectivity index (χ2n) is 5.93. The van der Waals surface area contributed by atoms with Gasteiger partial charge in [0.1, 0.15) is 6.04 Å². The number of morpholine rings is 1. The molecule has 3 fully saturated rings. The molecule has 3 saturated heterocycles. The molecule has 0 bridgehead atoms. The first-order chi connectivity index (χ1) is 10.3. The van der Waals surface area contributed by atoms with E-state index in [0.29, 0.717) is 26.3 Å². The first kappa shape index (κ1) is 14.7. The molecule has 2 N–H and O–H groups in total. The standard InChI is InChI=1S/C14H24N4O3/c19-13-8-15-3-6-18(13)11-2-1-5-17(9-11)14(20)12-10-21-7-4-16-12/h11-12,15-16H,1-10H2. The van der Waals surface area contributed by atoms with Crippen molar-refractivity contribution in [2.75, 3.05) is 52.5 Å². The number of nitrogens with zero attached hydrogens (tertiary/aromatic N) is 2. The molecule has 21 heavy (non-hydrogen) atoms. The summed E-state index contributed by atoms with van der Waals surface area (Å²) in [6.45, 7) is 5.29. The molecular weight excluding hydrogens is 272 g/mol. The second kappa shape index (κ2) is 6.72. The van der Waals surface area contributed by atoms with Crippen molar-refractivity contribution < 1.29 is 14.3 Å². The van der Waals surface area contributed by atoms with Crippen LogP contribution in [0.3, 0.4) is 0 Å². The molecule has 0 saturated carbocycles. The number of carbonyl (C=O) groups is 2. The van der Waals surface area contributed by atoms with E-state index in [1.54, 1.807) is 0 Å². The van der Waals surface area contributed by atoms with Crippen LogP contribution >= 0.6 is 0 Å². The maximum absolute atomic E-state index is 12.5. The van der Waals surface area contributed by atoms with E-state index < -0.39 is 0 Å². The summed E-state index contributed by atoms with van der Waals surface area (Å²) >= 11 is 0. The lowest BCUT2D eigenvalue weighted by Crippen LogP contribution is -2.60. The molecule has 7 heteroatoms. The first-order valence-corrected chi connectivity index (χ1v) is 7.86.